The van der Waals surface area contributed by atoms with Crippen molar-refractivity contribution < 1.29 is 9.59 Å². The Hall–Kier alpha value is -1.62. The summed E-state index contributed by atoms with van der Waals surface area (Å²) < 4.78 is 0. The van der Waals surface area contributed by atoms with Crippen LogP contribution < -0.4 is 5.32 Å². The van der Waals surface area contributed by atoms with Crippen molar-refractivity contribution in [1.82, 2.24) is 10.2 Å². The number of nitrogens with zero attached hydrogens (tertiary/aromatic N) is 1. The van der Waals surface area contributed by atoms with Gasteiger partial charge in [-0.2, -0.15) is 0 Å². The number of fused-ring (bicyclic) bond motifs is 1. The fourth-order valence-corrected chi connectivity index (χ4v) is 4.23. The van der Waals surface area contributed by atoms with Crippen molar-refractivity contribution in [2.75, 3.05) is 13.1 Å². The molecule has 0 spiro atoms. The maximum absolute atomic E-state index is 12.5. The third-order valence-electron chi connectivity index (χ3n) is 4.65. The summed E-state index contributed by atoms with van der Waals surface area (Å²) in [4.78, 5) is 27.4. The van der Waals surface area contributed by atoms with E-state index in [0.717, 1.165) is 24.3 Å². The number of carbonyl (C=O) groups is 2. The van der Waals surface area contributed by atoms with Gasteiger partial charge >= 0.3 is 0 Å². The first-order valence-electron chi connectivity index (χ1n) is 8.53. The minimum atomic E-state index is -0.00588. The minimum absolute atomic E-state index is 0.00588. The molecule has 0 saturated carbocycles. The highest BCUT2D eigenvalue weighted by molar-refractivity contribution is 7.10. The standard InChI is InChI=1S/C18H24N2O2S/c21-17(13-15-7-4-12-23-15)19-10-9-18(22)20-11-3-6-14-5-1-2-8-16(14)20/h4,7-8,12,14H,1-3,5-6,9-11,13H2,(H,19,21). The summed E-state index contributed by atoms with van der Waals surface area (Å²) in [6, 6.07) is 3.90. The lowest BCUT2D eigenvalue weighted by atomic mass is 9.85. The number of rotatable bonds is 5. The van der Waals surface area contributed by atoms with Crippen LogP contribution in [0.2, 0.25) is 0 Å². The normalized spacial score (nSPS) is 20.6. The molecule has 1 aromatic rings. The predicted octanol–water partition coefficient (Wildman–Crippen LogP) is 3.10. The Bertz CT molecular complexity index is 580. The molecule has 0 bridgehead atoms. The molecule has 2 amide bonds. The van der Waals surface area contributed by atoms with Crippen LogP contribution in [-0.2, 0) is 16.0 Å². The van der Waals surface area contributed by atoms with Crippen LogP contribution in [0.25, 0.3) is 0 Å². The highest BCUT2D eigenvalue weighted by atomic mass is 32.1. The van der Waals surface area contributed by atoms with Crippen LogP contribution in [0.3, 0.4) is 0 Å². The average Bonchev–Trinajstić information content (AvgIpc) is 3.07. The van der Waals surface area contributed by atoms with E-state index >= 15 is 0 Å². The molecule has 1 aromatic heterocycles. The number of thiophene rings is 1. The molecule has 4 nitrogen and oxygen atoms in total. The molecule has 3 rings (SSSR count). The Morgan fingerprint density at radius 3 is 3.00 bits per heavy atom. The largest absolute Gasteiger partial charge is 0.355 e. The van der Waals surface area contributed by atoms with E-state index in [4.69, 9.17) is 0 Å². The molecule has 1 aliphatic carbocycles. The van der Waals surface area contributed by atoms with Crippen LogP contribution in [0.5, 0.6) is 0 Å². The van der Waals surface area contributed by atoms with Crippen molar-refractivity contribution in [3.63, 3.8) is 0 Å². The number of hydrogen-bond acceptors (Lipinski definition) is 3. The SMILES string of the molecule is O=C(Cc1cccs1)NCCC(=O)N1CCCC2CCCC=C21. The second kappa shape index (κ2) is 7.77. The third-order valence-corrected chi connectivity index (χ3v) is 5.53. The summed E-state index contributed by atoms with van der Waals surface area (Å²) in [5.74, 6) is 0.725. The summed E-state index contributed by atoms with van der Waals surface area (Å²) in [6.45, 7) is 1.27. The van der Waals surface area contributed by atoms with E-state index in [9.17, 15) is 9.59 Å². The van der Waals surface area contributed by atoms with Crippen molar-refractivity contribution >= 4 is 23.2 Å². The molecule has 2 heterocycles. The van der Waals surface area contributed by atoms with Crippen LogP contribution in [-0.4, -0.2) is 29.8 Å². The molecule has 1 saturated heterocycles. The number of amides is 2. The fourth-order valence-electron chi connectivity index (χ4n) is 3.52. The molecule has 5 heteroatoms. The highest BCUT2D eigenvalue weighted by Crippen LogP contribution is 2.35. The molecule has 0 aromatic carbocycles. The van der Waals surface area contributed by atoms with Gasteiger partial charge in [-0.05, 0) is 49.5 Å². The van der Waals surface area contributed by atoms with Gasteiger partial charge in [0.15, 0.2) is 0 Å². The molecule has 1 fully saturated rings. The predicted molar refractivity (Wildman–Crippen MR) is 92.0 cm³/mol. The number of hydrogen-bond donors (Lipinski definition) is 1. The molecular weight excluding hydrogens is 308 g/mol. The molecular formula is C18H24N2O2S. The van der Waals surface area contributed by atoms with E-state index in [1.54, 1.807) is 11.3 Å². The average molecular weight is 332 g/mol. The Morgan fingerprint density at radius 1 is 1.30 bits per heavy atom. The molecule has 1 unspecified atom stereocenters. The summed E-state index contributed by atoms with van der Waals surface area (Å²) >= 11 is 1.58. The van der Waals surface area contributed by atoms with Crippen molar-refractivity contribution in [3.05, 3.63) is 34.2 Å². The van der Waals surface area contributed by atoms with Gasteiger partial charge in [0.05, 0.1) is 6.42 Å². The molecule has 2 aliphatic rings. The zero-order chi connectivity index (χ0) is 16.1. The smallest absolute Gasteiger partial charge is 0.228 e. The van der Waals surface area contributed by atoms with Crippen molar-refractivity contribution in [1.29, 1.82) is 0 Å². The van der Waals surface area contributed by atoms with Gasteiger partial charge in [0.1, 0.15) is 0 Å². The number of carbonyl (C=O) groups excluding carboxylic acids is 2. The van der Waals surface area contributed by atoms with Crippen molar-refractivity contribution in [2.24, 2.45) is 5.92 Å². The Morgan fingerprint density at radius 2 is 2.17 bits per heavy atom. The monoisotopic (exact) mass is 332 g/mol. The van der Waals surface area contributed by atoms with Crippen molar-refractivity contribution in [2.45, 2.75) is 44.9 Å². The lowest BCUT2D eigenvalue weighted by molar-refractivity contribution is -0.130. The van der Waals surface area contributed by atoms with Gasteiger partial charge in [0, 0.05) is 30.1 Å². The number of likely N-dealkylation sites (tertiary alicyclic amines) is 1. The molecule has 124 valence electrons. The van der Waals surface area contributed by atoms with E-state index in [-0.39, 0.29) is 11.8 Å². The zero-order valence-corrected chi connectivity index (χ0v) is 14.2. The summed E-state index contributed by atoms with van der Waals surface area (Å²) in [6.07, 6.45) is 8.91. The first-order chi connectivity index (χ1) is 11.2. The summed E-state index contributed by atoms with van der Waals surface area (Å²) in [7, 11) is 0. The fraction of sp³-hybridized carbons (Fsp3) is 0.556. The number of allylic oxidation sites excluding steroid dienone is 2. The Labute approximate surface area is 141 Å². The van der Waals surface area contributed by atoms with Gasteiger partial charge in [0.25, 0.3) is 0 Å². The summed E-state index contributed by atoms with van der Waals surface area (Å²) in [5, 5.41) is 4.83. The van der Waals surface area contributed by atoms with E-state index in [1.807, 2.05) is 22.4 Å². The minimum Gasteiger partial charge on any atom is -0.355 e. The van der Waals surface area contributed by atoms with Crippen LogP contribution in [0.1, 0.15) is 43.4 Å². The first-order valence-corrected chi connectivity index (χ1v) is 9.41. The Kier molecular flexibility index (Phi) is 5.49. The van der Waals surface area contributed by atoms with Crippen LogP contribution in [0, 0.1) is 5.92 Å². The van der Waals surface area contributed by atoms with Gasteiger partial charge in [0.2, 0.25) is 11.8 Å². The van der Waals surface area contributed by atoms with E-state index in [2.05, 4.69) is 11.4 Å². The molecule has 0 radical (unpaired) electrons. The quantitative estimate of drug-likeness (QED) is 0.901. The van der Waals surface area contributed by atoms with Crippen LogP contribution in [0.4, 0.5) is 0 Å². The van der Waals surface area contributed by atoms with Gasteiger partial charge < -0.3 is 10.2 Å². The lowest BCUT2D eigenvalue weighted by Crippen LogP contribution is -2.40. The molecule has 23 heavy (non-hydrogen) atoms. The van der Waals surface area contributed by atoms with E-state index in [0.29, 0.717) is 25.3 Å². The number of nitrogens with one attached hydrogen (secondary N) is 1. The lowest BCUT2D eigenvalue weighted by Gasteiger charge is -2.38. The topological polar surface area (TPSA) is 49.4 Å². The maximum atomic E-state index is 12.5. The highest BCUT2D eigenvalue weighted by Gasteiger charge is 2.29. The van der Waals surface area contributed by atoms with Crippen LogP contribution in [0.15, 0.2) is 29.3 Å². The van der Waals surface area contributed by atoms with Gasteiger partial charge in [-0.3, -0.25) is 9.59 Å². The Balaban J connectivity index is 1.45. The van der Waals surface area contributed by atoms with Crippen LogP contribution >= 0.6 is 11.3 Å². The molecule has 1 atom stereocenters. The second-order valence-electron chi connectivity index (χ2n) is 6.30. The third kappa shape index (κ3) is 4.22. The molecule has 1 aliphatic heterocycles. The van der Waals surface area contributed by atoms with Gasteiger partial charge in [-0.1, -0.05) is 12.1 Å². The summed E-state index contributed by atoms with van der Waals surface area (Å²) in [5.41, 5.74) is 1.25. The van der Waals surface area contributed by atoms with Crippen molar-refractivity contribution in [3.8, 4) is 0 Å². The maximum Gasteiger partial charge on any atom is 0.228 e. The zero-order valence-electron chi connectivity index (χ0n) is 13.4. The van der Waals surface area contributed by atoms with Gasteiger partial charge in [-0.25, -0.2) is 0 Å². The molecule has 1 N–H and O–H groups in total. The second-order valence-corrected chi connectivity index (χ2v) is 7.33. The van der Waals surface area contributed by atoms with E-state index < -0.39 is 0 Å². The van der Waals surface area contributed by atoms with Gasteiger partial charge in [-0.15, -0.1) is 11.3 Å². The van der Waals surface area contributed by atoms with E-state index in [1.165, 1.54) is 25.0 Å². The first kappa shape index (κ1) is 16.2. The number of piperidine rings is 1.